The highest BCUT2D eigenvalue weighted by Gasteiger charge is 2.46. The Hall–Kier alpha value is -2.41. The lowest BCUT2D eigenvalue weighted by molar-refractivity contribution is -0.145. The minimum Gasteiger partial charge on any atom is -0.433 e. The lowest BCUT2D eigenvalue weighted by Gasteiger charge is -2.29. The molecule has 0 aliphatic carbocycles. The number of ether oxygens (including phenoxy) is 2. The molecule has 26 heavy (non-hydrogen) atoms. The number of likely N-dealkylation sites (tertiary alicyclic amines) is 1. The molecule has 0 aromatic heterocycles. The topological polar surface area (TPSA) is 84.9 Å². The summed E-state index contributed by atoms with van der Waals surface area (Å²) in [5.74, 6) is -0.862. The van der Waals surface area contributed by atoms with Crippen molar-refractivity contribution >= 4 is 17.8 Å². The van der Waals surface area contributed by atoms with Crippen molar-refractivity contribution in [3.05, 3.63) is 35.4 Å². The maximum Gasteiger partial charge on any atom is 0.340 e. The zero-order valence-electron chi connectivity index (χ0n) is 15.1. The minimum atomic E-state index is -0.825. The fourth-order valence-electron chi connectivity index (χ4n) is 3.31. The highest BCUT2D eigenvalue weighted by Crippen LogP contribution is 2.38. The van der Waals surface area contributed by atoms with E-state index in [1.54, 1.807) is 24.3 Å². The number of carbonyl (C=O) groups excluding carboxylic acids is 3. The first-order valence-corrected chi connectivity index (χ1v) is 8.99. The Kier molecular flexibility index (Phi) is 5.56. The number of hydrogen-bond acceptors (Lipinski definition) is 5. The maximum absolute atomic E-state index is 12.6. The van der Waals surface area contributed by atoms with Gasteiger partial charge in [0.05, 0.1) is 11.7 Å². The van der Waals surface area contributed by atoms with E-state index in [1.165, 1.54) is 4.90 Å². The molecule has 0 bridgehead atoms. The lowest BCUT2D eigenvalue weighted by Crippen LogP contribution is -2.46. The van der Waals surface area contributed by atoms with Crippen molar-refractivity contribution in [3.63, 3.8) is 0 Å². The standard InChI is InChI=1S/C19H24N2O5/c1-12(2)25-11-5-10-20-17(23)15-8-9-16(22)21(15)18-13-6-3-4-7-14(13)19(24)26-18/h3-4,6-7,12,15,18H,5,8-11H2,1-2H3,(H,20,23)/t15-,18-/m1/s1. The van der Waals surface area contributed by atoms with Crippen LogP contribution in [-0.4, -0.2) is 48.0 Å². The summed E-state index contributed by atoms with van der Waals surface area (Å²) in [6.07, 6.45) is 0.722. The third-order valence-electron chi connectivity index (χ3n) is 4.55. The van der Waals surface area contributed by atoms with Gasteiger partial charge in [-0.05, 0) is 32.8 Å². The number of amides is 2. The third-order valence-corrected chi connectivity index (χ3v) is 4.55. The molecule has 0 radical (unpaired) electrons. The van der Waals surface area contributed by atoms with Crippen molar-refractivity contribution in [1.82, 2.24) is 10.2 Å². The van der Waals surface area contributed by atoms with E-state index >= 15 is 0 Å². The Balaban J connectivity index is 1.64. The highest BCUT2D eigenvalue weighted by atomic mass is 16.6. The second-order valence-corrected chi connectivity index (χ2v) is 6.76. The molecule has 3 rings (SSSR count). The van der Waals surface area contributed by atoms with Crippen LogP contribution in [0.3, 0.4) is 0 Å². The predicted octanol–water partition coefficient (Wildman–Crippen LogP) is 1.78. The van der Waals surface area contributed by atoms with Gasteiger partial charge in [-0.15, -0.1) is 0 Å². The number of benzene rings is 1. The molecule has 1 aromatic carbocycles. The van der Waals surface area contributed by atoms with E-state index in [2.05, 4.69) is 5.32 Å². The Labute approximate surface area is 152 Å². The van der Waals surface area contributed by atoms with E-state index in [1.807, 2.05) is 13.8 Å². The molecule has 0 saturated carbocycles. The van der Waals surface area contributed by atoms with Gasteiger partial charge in [0.25, 0.3) is 0 Å². The number of esters is 1. The molecule has 2 aliphatic rings. The first kappa shape index (κ1) is 18.4. The van der Waals surface area contributed by atoms with Crippen LogP contribution < -0.4 is 5.32 Å². The molecule has 1 aromatic rings. The van der Waals surface area contributed by atoms with Crippen molar-refractivity contribution < 1.29 is 23.9 Å². The third kappa shape index (κ3) is 3.72. The monoisotopic (exact) mass is 360 g/mol. The predicted molar refractivity (Wildman–Crippen MR) is 93.2 cm³/mol. The molecule has 0 unspecified atom stereocenters. The molecule has 2 aliphatic heterocycles. The summed E-state index contributed by atoms with van der Waals surface area (Å²) in [6, 6.07) is 6.34. The summed E-state index contributed by atoms with van der Waals surface area (Å²) in [5, 5.41) is 2.85. The molecule has 2 atom stereocenters. The quantitative estimate of drug-likeness (QED) is 0.592. The Morgan fingerprint density at radius 1 is 1.35 bits per heavy atom. The zero-order chi connectivity index (χ0) is 18.7. The van der Waals surface area contributed by atoms with E-state index in [0.717, 1.165) is 0 Å². The Bertz CT molecular complexity index is 703. The van der Waals surface area contributed by atoms with E-state index < -0.39 is 18.2 Å². The Morgan fingerprint density at radius 2 is 2.12 bits per heavy atom. The molecule has 2 amide bonds. The van der Waals surface area contributed by atoms with Gasteiger partial charge in [0.2, 0.25) is 18.0 Å². The van der Waals surface area contributed by atoms with E-state index in [-0.39, 0.29) is 24.3 Å². The SMILES string of the molecule is CC(C)OCCCNC(=O)[C@H]1CCC(=O)N1[C@@H]1OC(=O)c2ccccc21. The highest BCUT2D eigenvalue weighted by molar-refractivity contribution is 5.96. The average Bonchev–Trinajstić information content (AvgIpc) is 3.15. The molecule has 7 heteroatoms. The van der Waals surface area contributed by atoms with E-state index in [0.29, 0.717) is 37.1 Å². The number of nitrogens with zero attached hydrogens (tertiary/aromatic N) is 1. The molecule has 1 fully saturated rings. The fourth-order valence-corrected chi connectivity index (χ4v) is 3.31. The van der Waals surface area contributed by atoms with Crippen LogP contribution in [0.5, 0.6) is 0 Å². The second kappa shape index (κ2) is 7.86. The number of carbonyl (C=O) groups is 3. The van der Waals surface area contributed by atoms with Gasteiger partial charge in [-0.25, -0.2) is 4.79 Å². The zero-order valence-corrected chi connectivity index (χ0v) is 15.1. The van der Waals surface area contributed by atoms with Crippen LogP contribution in [0.4, 0.5) is 0 Å². The largest absolute Gasteiger partial charge is 0.433 e. The van der Waals surface area contributed by atoms with Crippen molar-refractivity contribution in [1.29, 1.82) is 0 Å². The van der Waals surface area contributed by atoms with Gasteiger partial charge in [0, 0.05) is 25.1 Å². The summed E-state index contributed by atoms with van der Waals surface area (Å²) >= 11 is 0. The maximum atomic E-state index is 12.6. The number of hydrogen-bond donors (Lipinski definition) is 1. The number of cyclic esters (lactones) is 1. The summed E-state index contributed by atoms with van der Waals surface area (Å²) in [4.78, 5) is 38.4. The van der Waals surface area contributed by atoms with Crippen molar-refractivity contribution in [2.75, 3.05) is 13.2 Å². The average molecular weight is 360 g/mol. The molecular formula is C19H24N2O5. The van der Waals surface area contributed by atoms with Gasteiger partial charge in [0.15, 0.2) is 0 Å². The summed E-state index contributed by atoms with van der Waals surface area (Å²) in [6.45, 7) is 4.96. The van der Waals surface area contributed by atoms with Gasteiger partial charge >= 0.3 is 5.97 Å². The number of nitrogens with one attached hydrogen (secondary N) is 1. The van der Waals surface area contributed by atoms with Crippen molar-refractivity contribution in [2.45, 2.75) is 51.5 Å². The van der Waals surface area contributed by atoms with E-state index in [9.17, 15) is 14.4 Å². The Morgan fingerprint density at radius 3 is 2.88 bits per heavy atom. The van der Waals surface area contributed by atoms with Crippen LogP contribution in [0.1, 0.15) is 55.3 Å². The molecular weight excluding hydrogens is 336 g/mol. The minimum absolute atomic E-state index is 0.158. The van der Waals surface area contributed by atoms with Gasteiger partial charge in [-0.2, -0.15) is 0 Å². The van der Waals surface area contributed by atoms with Gasteiger partial charge in [0.1, 0.15) is 6.04 Å². The smallest absolute Gasteiger partial charge is 0.340 e. The van der Waals surface area contributed by atoms with Crippen LogP contribution in [0.2, 0.25) is 0 Å². The molecule has 0 spiro atoms. The second-order valence-electron chi connectivity index (χ2n) is 6.76. The first-order valence-electron chi connectivity index (χ1n) is 8.99. The van der Waals surface area contributed by atoms with Crippen molar-refractivity contribution in [2.24, 2.45) is 0 Å². The number of rotatable bonds is 7. The van der Waals surface area contributed by atoms with Crippen molar-refractivity contribution in [3.8, 4) is 0 Å². The first-order chi connectivity index (χ1) is 12.5. The van der Waals surface area contributed by atoms with Gasteiger partial charge in [-0.1, -0.05) is 18.2 Å². The van der Waals surface area contributed by atoms with Crippen LogP contribution >= 0.6 is 0 Å². The van der Waals surface area contributed by atoms with Crippen LogP contribution in [0, 0.1) is 0 Å². The molecule has 1 saturated heterocycles. The van der Waals surface area contributed by atoms with Crippen LogP contribution in [0.25, 0.3) is 0 Å². The van der Waals surface area contributed by atoms with E-state index in [4.69, 9.17) is 9.47 Å². The van der Waals surface area contributed by atoms with Crippen LogP contribution in [0.15, 0.2) is 24.3 Å². The summed E-state index contributed by atoms with van der Waals surface area (Å²) in [7, 11) is 0. The molecule has 2 heterocycles. The van der Waals surface area contributed by atoms with Gasteiger partial charge < -0.3 is 14.8 Å². The number of fused-ring (bicyclic) bond motifs is 1. The lowest BCUT2D eigenvalue weighted by atomic mass is 10.1. The summed E-state index contributed by atoms with van der Waals surface area (Å²) in [5.41, 5.74) is 1.08. The van der Waals surface area contributed by atoms with Crippen LogP contribution in [-0.2, 0) is 19.1 Å². The van der Waals surface area contributed by atoms with Gasteiger partial charge in [-0.3, -0.25) is 14.5 Å². The molecule has 1 N–H and O–H groups in total. The molecule has 140 valence electrons. The fraction of sp³-hybridized carbons (Fsp3) is 0.526. The molecule has 7 nitrogen and oxygen atoms in total. The summed E-state index contributed by atoms with van der Waals surface area (Å²) < 4.78 is 10.8. The normalized spacial score (nSPS) is 21.9.